The van der Waals surface area contributed by atoms with Crippen molar-refractivity contribution in [3.05, 3.63) is 0 Å². The molecule has 1 N–H and O–H groups in total. The molecule has 0 radical (unpaired) electrons. The maximum atomic E-state index is 5.73. The summed E-state index contributed by atoms with van der Waals surface area (Å²) >= 11 is 5.73. The van der Waals surface area contributed by atoms with Crippen molar-refractivity contribution in [2.24, 2.45) is 5.92 Å². The molecule has 1 aliphatic carbocycles. The summed E-state index contributed by atoms with van der Waals surface area (Å²) in [7, 11) is 2.07. The van der Waals surface area contributed by atoms with Gasteiger partial charge >= 0.3 is 0 Å². The lowest BCUT2D eigenvalue weighted by Gasteiger charge is -2.30. The lowest BCUT2D eigenvalue weighted by Crippen LogP contribution is -2.36. The maximum absolute atomic E-state index is 5.73. The van der Waals surface area contributed by atoms with Gasteiger partial charge in [-0.2, -0.15) is 0 Å². The van der Waals surface area contributed by atoms with E-state index in [1.807, 2.05) is 0 Å². The molecule has 11 heavy (non-hydrogen) atoms. The SMILES string of the molecule is CN[C@H]1CCCC[C@@H]1CCCl. The first-order valence-electron chi connectivity index (χ1n) is 4.61. The first-order chi connectivity index (χ1) is 5.38. The Morgan fingerprint density at radius 1 is 1.36 bits per heavy atom. The van der Waals surface area contributed by atoms with Crippen molar-refractivity contribution in [3.63, 3.8) is 0 Å². The van der Waals surface area contributed by atoms with E-state index in [0.29, 0.717) is 0 Å². The number of alkyl halides is 1. The fourth-order valence-electron chi connectivity index (χ4n) is 2.07. The Morgan fingerprint density at radius 3 is 2.73 bits per heavy atom. The molecule has 1 fully saturated rings. The van der Waals surface area contributed by atoms with Crippen LogP contribution in [0.1, 0.15) is 32.1 Å². The average Bonchev–Trinajstić information content (AvgIpc) is 2.06. The zero-order chi connectivity index (χ0) is 8.10. The van der Waals surface area contributed by atoms with Gasteiger partial charge in [0.2, 0.25) is 0 Å². The maximum Gasteiger partial charge on any atom is 0.0226 e. The molecule has 0 aliphatic heterocycles. The molecule has 1 rings (SSSR count). The van der Waals surface area contributed by atoms with Gasteiger partial charge in [0.05, 0.1) is 0 Å². The fraction of sp³-hybridized carbons (Fsp3) is 1.00. The van der Waals surface area contributed by atoms with Crippen LogP contribution in [0.3, 0.4) is 0 Å². The van der Waals surface area contributed by atoms with Gasteiger partial charge in [-0.05, 0) is 32.2 Å². The van der Waals surface area contributed by atoms with Gasteiger partial charge in [-0.15, -0.1) is 11.6 Å². The van der Waals surface area contributed by atoms with E-state index >= 15 is 0 Å². The molecule has 0 heterocycles. The third kappa shape index (κ3) is 2.64. The Kier molecular flexibility index (Phi) is 4.24. The Morgan fingerprint density at radius 2 is 2.09 bits per heavy atom. The highest BCUT2D eigenvalue weighted by molar-refractivity contribution is 6.17. The second-order valence-electron chi connectivity index (χ2n) is 3.42. The molecule has 66 valence electrons. The summed E-state index contributed by atoms with van der Waals surface area (Å²) in [5, 5.41) is 3.38. The molecular weight excluding hydrogens is 158 g/mol. The normalized spacial score (nSPS) is 32.2. The lowest BCUT2D eigenvalue weighted by molar-refractivity contribution is 0.268. The Balaban J connectivity index is 2.31. The second-order valence-corrected chi connectivity index (χ2v) is 3.80. The van der Waals surface area contributed by atoms with Crippen LogP contribution in [0, 0.1) is 5.92 Å². The van der Waals surface area contributed by atoms with E-state index in [2.05, 4.69) is 12.4 Å². The van der Waals surface area contributed by atoms with Crippen LogP contribution in [0.4, 0.5) is 0 Å². The minimum atomic E-state index is 0.738. The molecule has 0 aromatic heterocycles. The van der Waals surface area contributed by atoms with Crippen molar-refractivity contribution in [1.82, 2.24) is 5.32 Å². The number of hydrogen-bond donors (Lipinski definition) is 1. The summed E-state index contributed by atoms with van der Waals surface area (Å²) in [6.45, 7) is 0. The van der Waals surface area contributed by atoms with Gasteiger partial charge in [0, 0.05) is 11.9 Å². The molecule has 0 spiro atoms. The Bertz CT molecular complexity index is 104. The molecule has 1 saturated carbocycles. The van der Waals surface area contributed by atoms with E-state index < -0.39 is 0 Å². The van der Waals surface area contributed by atoms with Crippen LogP contribution in [0.5, 0.6) is 0 Å². The smallest absolute Gasteiger partial charge is 0.0226 e. The fourth-order valence-corrected chi connectivity index (χ4v) is 2.35. The number of rotatable bonds is 3. The molecule has 2 heteroatoms. The molecule has 1 aliphatic rings. The topological polar surface area (TPSA) is 12.0 Å². The van der Waals surface area contributed by atoms with Crippen LogP contribution < -0.4 is 5.32 Å². The highest BCUT2D eigenvalue weighted by atomic mass is 35.5. The summed E-state index contributed by atoms with van der Waals surface area (Å²) in [6, 6.07) is 0.738. The zero-order valence-electron chi connectivity index (χ0n) is 7.28. The largest absolute Gasteiger partial charge is 0.317 e. The molecule has 0 aromatic carbocycles. The summed E-state index contributed by atoms with van der Waals surface area (Å²) < 4.78 is 0. The van der Waals surface area contributed by atoms with Gasteiger partial charge < -0.3 is 5.32 Å². The highest BCUT2D eigenvalue weighted by Crippen LogP contribution is 2.26. The van der Waals surface area contributed by atoms with E-state index in [9.17, 15) is 0 Å². The van der Waals surface area contributed by atoms with Crippen molar-refractivity contribution in [1.29, 1.82) is 0 Å². The number of nitrogens with one attached hydrogen (secondary N) is 1. The van der Waals surface area contributed by atoms with Crippen LogP contribution in [0.25, 0.3) is 0 Å². The standard InChI is InChI=1S/C9H18ClN/c1-11-9-5-3-2-4-8(9)6-7-10/h8-9,11H,2-7H2,1H3/t8-,9+/m1/s1. The van der Waals surface area contributed by atoms with Gasteiger partial charge in [0.25, 0.3) is 0 Å². The summed E-state index contributed by atoms with van der Waals surface area (Å²) in [6.07, 6.45) is 6.70. The summed E-state index contributed by atoms with van der Waals surface area (Å²) in [5.74, 6) is 1.66. The lowest BCUT2D eigenvalue weighted by atomic mass is 9.83. The number of hydrogen-bond acceptors (Lipinski definition) is 1. The first-order valence-corrected chi connectivity index (χ1v) is 5.15. The Hall–Kier alpha value is 0.250. The quantitative estimate of drug-likeness (QED) is 0.650. The van der Waals surface area contributed by atoms with Crippen molar-refractivity contribution in [3.8, 4) is 0 Å². The van der Waals surface area contributed by atoms with Crippen molar-refractivity contribution in [2.75, 3.05) is 12.9 Å². The van der Waals surface area contributed by atoms with E-state index in [1.165, 1.54) is 32.1 Å². The van der Waals surface area contributed by atoms with E-state index in [1.54, 1.807) is 0 Å². The molecule has 0 bridgehead atoms. The minimum absolute atomic E-state index is 0.738. The molecule has 1 nitrogen and oxygen atoms in total. The van der Waals surface area contributed by atoms with Gasteiger partial charge in [0.15, 0.2) is 0 Å². The van der Waals surface area contributed by atoms with Gasteiger partial charge in [-0.1, -0.05) is 12.8 Å². The third-order valence-corrected chi connectivity index (χ3v) is 2.98. The summed E-state index contributed by atoms with van der Waals surface area (Å²) in [5.41, 5.74) is 0. The zero-order valence-corrected chi connectivity index (χ0v) is 8.03. The Labute approximate surface area is 74.5 Å². The van der Waals surface area contributed by atoms with Crippen LogP contribution in [0.2, 0.25) is 0 Å². The first kappa shape index (κ1) is 9.34. The predicted octanol–water partition coefficient (Wildman–Crippen LogP) is 2.39. The van der Waals surface area contributed by atoms with Crippen molar-refractivity contribution in [2.45, 2.75) is 38.1 Å². The summed E-state index contributed by atoms with van der Waals surface area (Å²) in [4.78, 5) is 0. The van der Waals surface area contributed by atoms with Crippen LogP contribution in [0.15, 0.2) is 0 Å². The molecule has 0 amide bonds. The molecule has 2 atom stereocenters. The van der Waals surface area contributed by atoms with E-state index in [4.69, 9.17) is 11.6 Å². The van der Waals surface area contributed by atoms with Crippen LogP contribution in [-0.2, 0) is 0 Å². The average molecular weight is 176 g/mol. The molecule has 0 aromatic rings. The van der Waals surface area contributed by atoms with E-state index in [0.717, 1.165) is 17.8 Å². The van der Waals surface area contributed by atoms with Crippen molar-refractivity contribution < 1.29 is 0 Å². The van der Waals surface area contributed by atoms with Gasteiger partial charge in [-0.25, -0.2) is 0 Å². The highest BCUT2D eigenvalue weighted by Gasteiger charge is 2.22. The third-order valence-electron chi connectivity index (χ3n) is 2.76. The van der Waals surface area contributed by atoms with Gasteiger partial charge in [0.1, 0.15) is 0 Å². The van der Waals surface area contributed by atoms with Crippen LogP contribution >= 0.6 is 11.6 Å². The van der Waals surface area contributed by atoms with Crippen molar-refractivity contribution >= 4 is 11.6 Å². The van der Waals surface area contributed by atoms with E-state index in [-0.39, 0.29) is 0 Å². The molecule has 0 saturated heterocycles. The minimum Gasteiger partial charge on any atom is -0.317 e. The van der Waals surface area contributed by atoms with Gasteiger partial charge in [-0.3, -0.25) is 0 Å². The number of halogens is 1. The monoisotopic (exact) mass is 175 g/mol. The molecule has 0 unspecified atom stereocenters. The second kappa shape index (κ2) is 5.00. The molecular formula is C9H18ClN. The van der Waals surface area contributed by atoms with Crippen LogP contribution in [-0.4, -0.2) is 19.0 Å². The predicted molar refractivity (Wildman–Crippen MR) is 50.1 cm³/mol.